The average Bonchev–Trinajstić information content (AvgIpc) is 3.03. The predicted molar refractivity (Wildman–Crippen MR) is 71.2 cm³/mol. The first-order valence-corrected chi connectivity index (χ1v) is 7.29. The summed E-state index contributed by atoms with van der Waals surface area (Å²) in [5.41, 5.74) is 5.97. The van der Waals surface area contributed by atoms with Gasteiger partial charge in [-0.05, 0) is 38.0 Å². The molecule has 1 aliphatic carbocycles. The van der Waals surface area contributed by atoms with Crippen molar-refractivity contribution < 1.29 is 9.53 Å². The lowest BCUT2D eigenvalue weighted by Crippen LogP contribution is -2.48. The van der Waals surface area contributed by atoms with Gasteiger partial charge in [-0.2, -0.15) is 0 Å². The Morgan fingerprint density at radius 2 is 2.06 bits per heavy atom. The van der Waals surface area contributed by atoms with E-state index in [-0.39, 0.29) is 11.9 Å². The van der Waals surface area contributed by atoms with Crippen molar-refractivity contribution >= 4 is 5.91 Å². The van der Waals surface area contributed by atoms with Crippen LogP contribution in [0.5, 0.6) is 0 Å². The number of hydrogen-bond acceptors (Lipinski definition) is 3. The van der Waals surface area contributed by atoms with Gasteiger partial charge in [0.25, 0.3) is 0 Å². The summed E-state index contributed by atoms with van der Waals surface area (Å²) in [5.74, 6) is 0.868. The number of nitrogens with zero attached hydrogens (tertiary/aromatic N) is 1. The highest BCUT2D eigenvalue weighted by Gasteiger charge is 2.37. The summed E-state index contributed by atoms with van der Waals surface area (Å²) in [5, 5.41) is 0. The van der Waals surface area contributed by atoms with Crippen molar-refractivity contribution in [2.24, 2.45) is 11.7 Å². The van der Waals surface area contributed by atoms with E-state index in [0.717, 1.165) is 18.9 Å². The number of amides is 1. The molecule has 1 saturated heterocycles. The van der Waals surface area contributed by atoms with Crippen LogP contribution >= 0.6 is 0 Å². The zero-order chi connectivity index (χ0) is 13.0. The lowest BCUT2D eigenvalue weighted by atomic mass is 9.95. The Morgan fingerprint density at radius 3 is 2.72 bits per heavy atom. The molecule has 2 fully saturated rings. The minimum absolute atomic E-state index is 0.140. The summed E-state index contributed by atoms with van der Waals surface area (Å²) in [7, 11) is 1.65. The Hall–Kier alpha value is -0.610. The smallest absolute Gasteiger partial charge is 0.239 e. The van der Waals surface area contributed by atoms with Crippen molar-refractivity contribution in [1.29, 1.82) is 0 Å². The van der Waals surface area contributed by atoms with Crippen molar-refractivity contribution in [3.05, 3.63) is 0 Å². The molecule has 18 heavy (non-hydrogen) atoms. The lowest BCUT2D eigenvalue weighted by Gasteiger charge is -2.31. The van der Waals surface area contributed by atoms with E-state index in [1.165, 1.54) is 32.1 Å². The molecule has 0 aromatic heterocycles. The Balaban J connectivity index is 1.91. The summed E-state index contributed by atoms with van der Waals surface area (Å²) in [6.07, 6.45) is 8.20. The molecule has 2 atom stereocenters. The Bertz CT molecular complexity index is 277. The Labute approximate surface area is 110 Å². The van der Waals surface area contributed by atoms with Crippen LogP contribution in [-0.2, 0) is 9.53 Å². The third-order valence-electron chi connectivity index (χ3n) is 4.48. The van der Waals surface area contributed by atoms with E-state index in [1.54, 1.807) is 7.11 Å². The topological polar surface area (TPSA) is 55.6 Å². The van der Waals surface area contributed by atoms with Crippen LogP contribution in [0, 0.1) is 5.92 Å². The Morgan fingerprint density at radius 1 is 1.33 bits per heavy atom. The van der Waals surface area contributed by atoms with Crippen molar-refractivity contribution in [2.75, 3.05) is 20.3 Å². The zero-order valence-electron chi connectivity index (χ0n) is 11.4. The molecular formula is C14H26N2O2. The molecule has 0 aromatic carbocycles. The standard InChI is InChI=1S/C14H26N2O2/c1-18-10-8-12(15)14(17)16-9-4-7-13(16)11-5-2-3-6-11/h11-13H,2-10,15H2,1H3. The Kier molecular flexibility index (Phi) is 5.01. The van der Waals surface area contributed by atoms with Crippen LogP contribution in [0.4, 0.5) is 0 Å². The molecular weight excluding hydrogens is 228 g/mol. The second-order valence-corrected chi connectivity index (χ2v) is 5.67. The van der Waals surface area contributed by atoms with E-state index in [4.69, 9.17) is 10.5 Å². The van der Waals surface area contributed by atoms with E-state index in [0.29, 0.717) is 19.1 Å². The van der Waals surface area contributed by atoms with Crippen molar-refractivity contribution in [2.45, 2.75) is 57.0 Å². The van der Waals surface area contributed by atoms with Crippen LogP contribution < -0.4 is 5.73 Å². The van der Waals surface area contributed by atoms with Gasteiger partial charge in [0.05, 0.1) is 6.04 Å². The van der Waals surface area contributed by atoms with E-state index in [2.05, 4.69) is 4.90 Å². The van der Waals surface area contributed by atoms with E-state index < -0.39 is 0 Å². The number of ether oxygens (including phenoxy) is 1. The molecule has 4 nitrogen and oxygen atoms in total. The molecule has 1 saturated carbocycles. The van der Waals surface area contributed by atoms with Gasteiger partial charge in [-0.1, -0.05) is 12.8 Å². The van der Waals surface area contributed by atoms with Crippen LogP contribution in [-0.4, -0.2) is 43.2 Å². The number of carbonyl (C=O) groups is 1. The van der Waals surface area contributed by atoms with Gasteiger partial charge in [-0.15, -0.1) is 0 Å². The highest BCUT2D eigenvalue weighted by atomic mass is 16.5. The second kappa shape index (κ2) is 6.53. The van der Waals surface area contributed by atoms with Crippen molar-refractivity contribution in [3.8, 4) is 0 Å². The molecule has 0 radical (unpaired) electrons. The minimum Gasteiger partial charge on any atom is -0.385 e. The average molecular weight is 254 g/mol. The molecule has 1 heterocycles. The summed E-state index contributed by atoms with van der Waals surface area (Å²) in [6.45, 7) is 1.47. The molecule has 0 spiro atoms. The number of carbonyl (C=O) groups excluding carboxylic acids is 1. The number of hydrogen-bond donors (Lipinski definition) is 1. The van der Waals surface area contributed by atoms with Crippen LogP contribution in [0.15, 0.2) is 0 Å². The van der Waals surface area contributed by atoms with Gasteiger partial charge in [-0.25, -0.2) is 0 Å². The molecule has 104 valence electrons. The van der Waals surface area contributed by atoms with E-state index >= 15 is 0 Å². The summed E-state index contributed by atoms with van der Waals surface area (Å²) < 4.78 is 5.00. The van der Waals surface area contributed by atoms with Crippen molar-refractivity contribution in [1.82, 2.24) is 4.90 Å². The zero-order valence-corrected chi connectivity index (χ0v) is 11.4. The molecule has 2 aliphatic rings. The highest BCUT2D eigenvalue weighted by molar-refractivity contribution is 5.82. The maximum Gasteiger partial charge on any atom is 0.239 e. The third-order valence-corrected chi connectivity index (χ3v) is 4.48. The van der Waals surface area contributed by atoms with Gasteiger partial charge in [0, 0.05) is 26.3 Å². The largest absolute Gasteiger partial charge is 0.385 e. The first kappa shape index (κ1) is 13.8. The third kappa shape index (κ3) is 3.04. The SMILES string of the molecule is COCCC(N)C(=O)N1CCCC1C1CCCC1. The monoisotopic (exact) mass is 254 g/mol. The first-order valence-electron chi connectivity index (χ1n) is 7.29. The fourth-order valence-corrected chi connectivity index (χ4v) is 3.48. The minimum atomic E-state index is -0.382. The number of nitrogens with two attached hydrogens (primary N) is 1. The van der Waals surface area contributed by atoms with Crippen LogP contribution in [0.3, 0.4) is 0 Å². The first-order chi connectivity index (χ1) is 8.74. The fraction of sp³-hybridized carbons (Fsp3) is 0.929. The summed E-state index contributed by atoms with van der Waals surface area (Å²) >= 11 is 0. The van der Waals surface area contributed by atoms with Crippen molar-refractivity contribution in [3.63, 3.8) is 0 Å². The van der Waals surface area contributed by atoms with Crippen LogP contribution in [0.2, 0.25) is 0 Å². The normalized spacial score (nSPS) is 26.8. The predicted octanol–water partition coefficient (Wildman–Crippen LogP) is 1.53. The summed E-state index contributed by atoms with van der Waals surface area (Å²) in [6, 6.07) is 0.0838. The number of likely N-dealkylation sites (tertiary alicyclic amines) is 1. The second-order valence-electron chi connectivity index (χ2n) is 5.67. The number of rotatable bonds is 5. The molecule has 0 aromatic rings. The van der Waals surface area contributed by atoms with Crippen LogP contribution in [0.1, 0.15) is 44.9 Å². The van der Waals surface area contributed by atoms with Gasteiger partial charge in [0.2, 0.25) is 5.91 Å². The molecule has 2 N–H and O–H groups in total. The van der Waals surface area contributed by atoms with E-state index in [9.17, 15) is 4.79 Å². The highest BCUT2D eigenvalue weighted by Crippen LogP contribution is 2.35. The van der Waals surface area contributed by atoms with Gasteiger partial charge < -0.3 is 15.4 Å². The van der Waals surface area contributed by atoms with Gasteiger partial charge >= 0.3 is 0 Å². The summed E-state index contributed by atoms with van der Waals surface area (Å²) in [4.78, 5) is 14.4. The number of methoxy groups -OCH3 is 1. The fourth-order valence-electron chi connectivity index (χ4n) is 3.48. The molecule has 0 bridgehead atoms. The van der Waals surface area contributed by atoms with Gasteiger partial charge in [0.15, 0.2) is 0 Å². The molecule has 4 heteroatoms. The molecule has 2 unspecified atom stereocenters. The molecule has 1 amide bonds. The molecule has 2 rings (SSSR count). The maximum atomic E-state index is 12.4. The lowest BCUT2D eigenvalue weighted by molar-refractivity contribution is -0.134. The van der Waals surface area contributed by atoms with Gasteiger partial charge in [0.1, 0.15) is 0 Å². The van der Waals surface area contributed by atoms with Gasteiger partial charge in [-0.3, -0.25) is 4.79 Å². The van der Waals surface area contributed by atoms with Crippen LogP contribution in [0.25, 0.3) is 0 Å². The molecule has 1 aliphatic heterocycles. The quantitative estimate of drug-likeness (QED) is 0.809. The van der Waals surface area contributed by atoms with E-state index in [1.807, 2.05) is 0 Å². The maximum absolute atomic E-state index is 12.4.